The number of nitrogens with zero attached hydrogens (tertiary/aromatic N) is 3. The van der Waals surface area contributed by atoms with Crippen LogP contribution in [0, 0.1) is 0 Å². The minimum Gasteiger partial charge on any atom is -0.497 e. The summed E-state index contributed by atoms with van der Waals surface area (Å²) < 4.78 is 12.3. The van der Waals surface area contributed by atoms with E-state index in [1.807, 2.05) is 18.2 Å². The molecule has 1 aromatic heterocycles. The number of amides is 3. The van der Waals surface area contributed by atoms with E-state index in [1.54, 1.807) is 36.3 Å². The summed E-state index contributed by atoms with van der Waals surface area (Å²) in [6, 6.07) is 12.3. The maximum absolute atomic E-state index is 12.8. The second-order valence-electron chi connectivity index (χ2n) is 7.75. The smallest absolute Gasteiger partial charge is 0.274 e. The lowest BCUT2D eigenvalue weighted by Crippen LogP contribution is -2.47. The maximum atomic E-state index is 12.8. The summed E-state index contributed by atoms with van der Waals surface area (Å²) in [6.07, 6.45) is 1.28. The predicted octanol–water partition coefficient (Wildman–Crippen LogP) is 2.97. The van der Waals surface area contributed by atoms with Crippen LogP contribution in [0.2, 0.25) is 0 Å². The normalized spacial score (nSPS) is 16.5. The van der Waals surface area contributed by atoms with Crippen LogP contribution in [-0.2, 0) is 4.79 Å². The summed E-state index contributed by atoms with van der Waals surface area (Å²) in [5, 5.41) is 0.601. The molecule has 0 bridgehead atoms. The van der Waals surface area contributed by atoms with Gasteiger partial charge in [0.15, 0.2) is 0 Å². The number of ether oxygens (including phenoxy) is 2. The van der Waals surface area contributed by atoms with Gasteiger partial charge in [-0.25, -0.2) is 4.98 Å². The quantitative estimate of drug-likeness (QED) is 0.554. The number of hydrogen-bond acceptors (Lipinski definition) is 7. The lowest BCUT2D eigenvalue weighted by molar-refractivity contribution is -0.133. The molecule has 1 fully saturated rings. The molecule has 0 N–H and O–H groups in total. The number of carbonyl (C=O) groups is 3. The third kappa shape index (κ3) is 3.69. The molecule has 5 rings (SSSR count). The molecule has 0 saturated carbocycles. The molecule has 3 amide bonds. The summed E-state index contributed by atoms with van der Waals surface area (Å²) >= 11 is 1.47. The highest BCUT2D eigenvalue weighted by Crippen LogP contribution is 2.32. The summed E-state index contributed by atoms with van der Waals surface area (Å²) in [5.41, 5.74) is 1.57. The molecule has 0 atom stereocenters. The highest BCUT2D eigenvalue weighted by Gasteiger charge is 2.37. The van der Waals surface area contributed by atoms with Crippen LogP contribution < -0.4 is 9.47 Å². The van der Waals surface area contributed by atoms with Gasteiger partial charge >= 0.3 is 0 Å². The minimum absolute atomic E-state index is 0.0409. The number of thiazole rings is 1. The molecule has 0 spiro atoms. The van der Waals surface area contributed by atoms with E-state index in [-0.39, 0.29) is 18.6 Å². The van der Waals surface area contributed by atoms with Crippen LogP contribution in [0.15, 0.2) is 42.5 Å². The van der Waals surface area contributed by atoms with Gasteiger partial charge < -0.3 is 14.4 Å². The Balaban J connectivity index is 1.17. The Labute approximate surface area is 188 Å². The Kier molecular flexibility index (Phi) is 5.26. The van der Waals surface area contributed by atoms with Crippen molar-refractivity contribution in [2.45, 2.75) is 18.9 Å². The summed E-state index contributed by atoms with van der Waals surface area (Å²) in [5.74, 6) is -0.281. The first-order valence-electron chi connectivity index (χ1n) is 10.4. The van der Waals surface area contributed by atoms with Gasteiger partial charge in [-0.15, -0.1) is 0 Å². The first-order chi connectivity index (χ1) is 15.5. The van der Waals surface area contributed by atoms with Crippen molar-refractivity contribution in [3.8, 4) is 10.9 Å². The number of benzene rings is 2. The zero-order chi connectivity index (χ0) is 22.2. The number of methoxy groups -OCH3 is 1. The summed E-state index contributed by atoms with van der Waals surface area (Å²) in [4.78, 5) is 45.0. The van der Waals surface area contributed by atoms with E-state index in [2.05, 4.69) is 4.98 Å². The van der Waals surface area contributed by atoms with Crippen molar-refractivity contribution in [1.82, 2.24) is 14.8 Å². The molecule has 2 aromatic carbocycles. The van der Waals surface area contributed by atoms with Crippen LogP contribution in [0.4, 0.5) is 0 Å². The molecule has 0 radical (unpaired) electrons. The number of carbonyl (C=O) groups excluding carboxylic acids is 3. The first-order valence-corrected chi connectivity index (χ1v) is 11.2. The van der Waals surface area contributed by atoms with E-state index in [1.165, 1.54) is 11.3 Å². The zero-order valence-corrected chi connectivity index (χ0v) is 18.3. The Bertz CT molecular complexity index is 1180. The standard InChI is InChI=1S/C23H21N3O5S/c1-30-15-6-7-18-19(12-15)32-23(24-18)31-14-8-10-25(11-9-14)20(27)13-26-21(28)16-4-2-3-5-17(16)22(26)29/h2-7,12,14H,8-11,13H2,1H3. The molecule has 3 aromatic rings. The molecule has 3 heterocycles. The van der Waals surface area contributed by atoms with Crippen LogP contribution in [0.3, 0.4) is 0 Å². The highest BCUT2D eigenvalue weighted by molar-refractivity contribution is 7.20. The van der Waals surface area contributed by atoms with Crippen LogP contribution in [0.25, 0.3) is 10.2 Å². The summed E-state index contributed by atoms with van der Waals surface area (Å²) in [6.45, 7) is 0.772. The Morgan fingerprint density at radius 2 is 1.78 bits per heavy atom. The average molecular weight is 452 g/mol. The number of likely N-dealkylation sites (tertiary alicyclic amines) is 1. The number of rotatable bonds is 5. The molecule has 2 aliphatic heterocycles. The van der Waals surface area contributed by atoms with E-state index in [0.717, 1.165) is 20.9 Å². The van der Waals surface area contributed by atoms with Crippen molar-refractivity contribution in [3.05, 3.63) is 53.6 Å². The predicted molar refractivity (Wildman–Crippen MR) is 118 cm³/mol. The van der Waals surface area contributed by atoms with E-state index in [0.29, 0.717) is 42.3 Å². The van der Waals surface area contributed by atoms with Crippen LogP contribution in [-0.4, -0.2) is 65.4 Å². The minimum atomic E-state index is -0.412. The Morgan fingerprint density at radius 1 is 1.09 bits per heavy atom. The number of piperidine rings is 1. The van der Waals surface area contributed by atoms with Crippen molar-refractivity contribution in [3.63, 3.8) is 0 Å². The molecule has 8 nitrogen and oxygen atoms in total. The fraction of sp³-hybridized carbons (Fsp3) is 0.304. The van der Waals surface area contributed by atoms with Gasteiger partial charge in [-0.05, 0) is 30.3 Å². The second-order valence-corrected chi connectivity index (χ2v) is 8.75. The second kappa shape index (κ2) is 8.23. The lowest BCUT2D eigenvalue weighted by atomic mass is 10.1. The molecule has 0 aliphatic carbocycles. The number of fused-ring (bicyclic) bond motifs is 2. The SMILES string of the molecule is COc1ccc2nc(OC3CCN(C(=O)CN4C(=O)c5ccccc5C4=O)CC3)sc2c1. The van der Waals surface area contributed by atoms with Gasteiger partial charge in [-0.3, -0.25) is 19.3 Å². The van der Waals surface area contributed by atoms with Crippen molar-refractivity contribution in [2.24, 2.45) is 0 Å². The van der Waals surface area contributed by atoms with Crippen molar-refractivity contribution >= 4 is 39.3 Å². The molecule has 164 valence electrons. The van der Waals surface area contributed by atoms with E-state index in [9.17, 15) is 14.4 Å². The van der Waals surface area contributed by atoms with Gasteiger partial charge in [0.2, 0.25) is 5.91 Å². The van der Waals surface area contributed by atoms with Crippen molar-refractivity contribution < 1.29 is 23.9 Å². The van der Waals surface area contributed by atoms with Gasteiger partial charge in [-0.1, -0.05) is 23.5 Å². The largest absolute Gasteiger partial charge is 0.497 e. The van der Waals surface area contributed by atoms with Gasteiger partial charge in [0, 0.05) is 25.9 Å². The molecule has 0 unspecified atom stereocenters. The first kappa shape index (κ1) is 20.4. The molecule has 9 heteroatoms. The molecule has 32 heavy (non-hydrogen) atoms. The van der Waals surface area contributed by atoms with E-state index in [4.69, 9.17) is 9.47 Å². The molecular weight excluding hydrogens is 430 g/mol. The highest BCUT2D eigenvalue weighted by atomic mass is 32.1. The third-order valence-corrected chi connectivity index (χ3v) is 6.72. The summed E-state index contributed by atoms with van der Waals surface area (Å²) in [7, 11) is 1.63. The van der Waals surface area contributed by atoms with Gasteiger partial charge in [-0.2, -0.15) is 0 Å². The Morgan fingerprint density at radius 3 is 2.44 bits per heavy atom. The maximum Gasteiger partial charge on any atom is 0.274 e. The van der Waals surface area contributed by atoms with Crippen LogP contribution >= 0.6 is 11.3 Å². The molecule has 2 aliphatic rings. The van der Waals surface area contributed by atoms with Crippen LogP contribution in [0.1, 0.15) is 33.6 Å². The number of aromatic nitrogens is 1. The van der Waals surface area contributed by atoms with E-state index < -0.39 is 11.8 Å². The van der Waals surface area contributed by atoms with Crippen LogP contribution in [0.5, 0.6) is 10.9 Å². The average Bonchev–Trinajstić information content (AvgIpc) is 3.32. The number of hydrogen-bond donors (Lipinski definition) is 0. The van der Waals surface area contributed by atoms with Gasteiger partial charge in [0.1, 0.15) is 18.4 Å². The van der Waals surface area contributed by atoms with Gasteiger partial charge in [0.25, 0.3) is 17.0 Å². The fourth-order valence-electron chi connectivity index (χ4n) is 4.04. The zero-order valence-electron chi connectivity index (χ0n) is 17.4. The Hall–Kier alpha value is -3.46. The monoisotopic (exact) mass is 451 g/mol. The van der Waals surface area contributed by atoms with Gasteiger partial charge in [0.05, 0.1) is 28.5 Å². The topological polar surface area (TPSA) is 89.0 Å². The lowest BCUT2D eigenvalue weighted by Gasteiger charge is -2.32. The molecular formula is C23H21N3O5S. The fourth-order valence-corrected chi connectivity index (χ4v) is 4.95. The number of imide groups is 1. The third-order valence-electron chi connectivity index (χ3n) is 5.81. The van der Waals surface area contributed by atoms with E-state index >= 15 is 0 Å². The van der Waals surface area contributed by atoms with Crippen molar-refractivity contribution in [1.29, 1.82) is 0 Å². The van der Waals surface area contributed by atoms with Crippen molar-refractivity contribution in [2.75, 3.05) is 26.7 Å². The molecule has 1 saturated heterocycles.